The second-order valence-corrected chi connectivity index (χ2v) is 3.76. The number of likely N-dealkylation sites (N-methyl/N-ethyl adjacent to an activating group) is 1. The monoisotopic (exact) mass is 202 g/mol. The number of nitriles is 1. The normalized spacial score (nSPS) is 19.2. The van der Waals surface area contributed by atoms with Crippen molar-refractivity contribution in [3.63, 3.8) is 0 Å². The summed E-state index contributed by atoms with van der Waals surface area (Å²) in [4.78, 5) is 6.19. The van der Waals surface area contributed by atoms with Crippen molar-refractivity contribution in [1.82, 2.24) is 15.2 Å². The Morgan fingerprint density at radius 1 is 1.67 bits per heavy atom. The fraction of sp³-hybridized carbons (Fsp3) is 0.455. The lowest BCUT2D eigenvalue weighted by molar-refractivity contribution is 0.104. The zero-order valence-electron chi connectivity index (χ0n) is 8.72. The third kappa shape index (κ3) is 1.99. The van der Waals surface area contributed by atoms with E-state index in [1.165, 1.54) is 0 Å². The summed E-state index contributed by atoms with van der Waals surface area (Å²) in [5.41, 5.74) is 0.981. The van der Waals surface area contributed by atoms with Crippen molar-refractivity contribution in [2.45, 2.75) is 12.1 Å². The number of nitrogens with one attached hydrogen (secondary N) is 1. The van der Waals surface area contributed by atoms with Crippen molar-refractivity contribution in [3.8, 4) is 6.07 Å². The van der Waals surface area contributed by atoms with Crippen LogP contribution in [0, 0.1) is 11.3 Å². The molecule has 1 aliphatic rings. The van der Waals surface area contributed by atoms with Crippen LogP contribution in [-0.4, -0.2) is 36.1 Å². The summed E-state index contributed by atoms with van der Waals surface area (Å²) in [6.45, 7) is 1.87. The first-order valence-corrected chi connectivity index (χ1v) is 5.06. The summed E-state index contributed by atoms with van der Waals surface area (Å²) in [6, 6.07) is 6.52. The lowest BCUT2D eigenvalue weighted by Crippen LogP contribution is -2.57. The summed E-state index contributed by atoms with van der Waals surface area (Å²) in [7, 11) is 1.95. The van der Waals surface area contributed by atoms with Crippen molar-refractivity contribution >= 4 is 0 Å². The molecule has 0 unspecified atom stereocenters. The Kier molecular flexibility index (Phi) is 2.95. The van der Waals surface area contributed by atoms with Gasteiger partial charge in [-0.25, -0.2) is 0 Å². The Balaban J connectivity index is 2.04. The van der Waals surface area contributed by atoms with Crippen LogP contribution in [0.3, 0.4) is 0 Å². The predicted octanol–water partition coefficient (Wildman–Crippen LogP) is 0.550. The molecule has 4 nitrogen and oxygen atoms in total. The molecular weight excluding hydrogens is 188 g/mol. The van der Waals surface area contributed by atoms with Crippen molar-refractivity contribution in [2.75, 3.05) is 20.1 Å². The highest BCUT2D eigenvalue weighted by atomic mass is 15.3. The standard InChI is InChI=1S/C11H14N4/c1-13-10-7-15(8-10)11(5-12)9-3-2-4-14-6-9/h2-4,6,10-11,13H,7-8H2,1H3/t11-/m1/s1. The van der Waals surface area contributed by atoms with E-state index in [0.29, 0.717) is 6.04 Å². The van der Waals surface area contributed by atoms with E-state index in [2.05, 4.69) is 21.3 Å². The number of hydrogen-bond acceptors (Lipinski definition) is 4. The maximum atomic E-state index is 9.13. The van der Waals surface area contributed by atoms with Gasteiger partial charge in [-0.3, -0.25) is 9.88 Å². The molecule has 4 heteroatoms. The number of aromatic nitrogens is 1. The van der Waals surface area contributed by atoms with E-state index in [9.17, 15) is 0 Å². The highest BCUT2D eigenvalue weighted by Crippen LogP contribution is 2.24. The molecule has 78 valence electrons. The maximum Gasteiger partial charge on any atom is 0.125 e. The highest BCUT2D eigenvalue weighted by Gasteiger charge is 2.32. The molecule has 0 aromatic carbocycles. The molecule has 2 heterocycles. The molecule has 0 bridgehead atoms. The topological polar surface area (TPSA) is 52.0 Å². The maximum absolute atomic E-state index is 9.13. The number of nitrogens with zero attached hydrogens (tertiary/aromatic N) is 3. The number of pyridine rings is 1. The summed E-state index contributed by atoms with van der Waals surface area (Å²) in [5.74, 6) is 0. The average Bonchev–Trinajstić information content (AvgIpc) is 2.24. The summed E-state index contributed by atoms with van der Waals surface area (Å²) >= 11 is 0. The van der Waals surface area contributed by atoms with Crippen molar-refractivity contribution < 1.29 is 0 Å². The Bertz CT molecular complexity index is 351. The average molecular weight is 202 g/mol. The summed E-state index contributed by atoms with van der Waals surface area (Å²) in [6.07, 6.45) is 3.49. The Morgan fingerprint density at radius 3 is 3.00 bits per heavy atom. The van der Waals surface area contributed by atoms with E-state index >= 15 is 0 Å². The molecule has 0 saturated carbocycles. The number of rotatable bonds is 3. The van der Waals surface area contributed by atoms with E-state index in [0.717, 1.165) is 18.7 Å². The largest absolute Gasteiger partial charge is 0.315 e. The third-order valence-electron chi connectivity index (χ3n) is 2.81. The van der Waals surface area contributed by atoms with Gasteiger partial charge in [0.05, 0.1) is 6.07 Å². The van der Waals surface area contributed by atoms with Crippen LogP contribution in [0.1, 0.15) is 11.6 Å². The van der Waals surface area contributed by atoms with Gasteiger partial charge in [-0.2, -0.15) is 5.26 Å². The van der Waals surface area contributed by atoms with Crippen molar-refractivity contribution in [2.24, 2.45) is 0 Å². The summed E-state index contributed by atoms with van der Waals surface area (Å²) in [5, 5.41) is 12.3. The zero-order chi connectivity index (χ0) is 10.7. The van der Waals surface area contributed by atoms with E-state index < -0.39 is 0 Å². The van der Waals surface area contributed by atoms with E-state index in [1.54, 1.807) is 12.4 Å². The fourth-order valence-electron chi connectivity index (χ4n) is 1.81. The van der Waals surface area contributed by atoms with Gasteiger partial charge >= 0.3 is 0 Å². The van der Waals surface area contributed by atoms with Gasteiger partial charge in [0.2, 0.25) is 0 Å². The van der Waals surface area contributed by atoms with Gasteiger partial charge in [-0.1, -0.05) is 6.07 Å². The van der Waals surface area contributed by atoms with Crippen LogP contribution in [0.2, 0.25) is 0 Å². The van der Waals surface area contributed by atoms with Crippen LogP contribution in [0.25, 0.3) is 0 Å². The Labute approximate surface area is 89.5 Å². The lowest BCUT2D eigenvalue weighted by atomic mass is 10.0. The van der Waals surface area contributed by atoms with Gasteiger partial charge in [0.25, 0.3) is 0 Å². The molecule has 0 radical (unpaired) electrons. The molecule has 1 aliphatic heterocycles. The third-order valence-corrected chi connectivity index (χ3v) is 2.81. The van der Waals surface area contributed by atoms with Crippen LogP contribution >= 0.6 is 0 Å². The molecule has 15 heavy (non-hydrogen) atoms. The fourth-order valence-corrected chi connectivity index (χ4v) is 1.81. The minimum Gasteiger partial charge on any atom is -0.315 e. The van der Waals surface area contributed by atoms with Gasteiger partial charge in [0.1, 0.15) is 6.04 Å². The molecule has 1 aromatic rings. The summed E-state index contributed by atoms with van der Waals surface area (Å²) < 4.78 is 0. The van der Waals surface area contributed by atoms with E-state index in [1.807, 2.05) is 19.2 Å². The van der Waals surface area contributed by atoms with Gasteiger partial charge in [0.15, 0.2) is 0 Å². The molecule has 0 amide bonds. The van der Waals surface area contributed by atoms with Gasteiger partial charge in [-0.15, -0.1) is 0 Å². The van der Waals surface area contributed by atoms with Crippen LogP contribution in [0.4, 0.5) is 0 Å². The first kappa shape index (κ1) is 10.1. The molecule has 2 rings (SSSR count). The second kappa shape index (κ2) is 4.39. The van der Waals surface area contributed by atoms with Gasteiger partial charge in [-0.05, 0) is 13.1 Å². The number of hydrogen-bond donors (Lipinski definition) is 1. The first-order valence-electron chi connectivity index (χ1n) is 5.06. The Hall–Kier alpha value is -1.44. The molecule has 1 atom stereocenters. The highest BCUT2D eigenvalue weighted by molar-refractivity contribution is 5.21. The molecule has 1 saturated heterocycles. The SMILES string of the molecule is CNC1CN([C@H](C#N)c2cccnc2)C1. The van der Waals surface area contributed by atoms with Crippen LogP contribution in [0.15, 0.2) is 24.5 Å². The van der Waals surface area contributed by atoms with E-state index in [-0.39, 0.29) is 6.04 Å². The van der Waals surface area contributed by atoms with Crippen LogP contribution in [-0.2, 0) is 0 Å². The first-order chi connectivity index (χ1) is 7.35. The predicted molar refractivity (Wildman–Crippen MR) is 57.0 cm³/mol. The van der Waals surface area contributed by atoms with Crippen LogP contribution < -0.4 is 5.32 Å². The van der Waals surface area contributed by atoms with Gasteiger partial charge < -0.3 is 5.32 Å². The molecule has 0 spiro atoms. The van der Waals surface area contributed by atoms with Crippen molar-refractivity contribution in [3.05, 3.63) is 30.1 Å². The molecule has 0 aliphatic carbocycles. The quantitative estimate of drug-likeness (QED) is 0.777. The second-order valence-electron chi connectivity index (χ2n) is 3.76. The number of likely N-dealkylation sites (tertiary alicyclic amines) is 1. The molecule has 1 aromatic heterocycles. The minimum atomic E-state index is -0.150. The smallest absolute Gasteiger partial charge is 0.125 e. The lowest BCUT2D eigenvalue weighted by Gasteiger charge is -2.41. The van der Waals surface area contributed by atoms with Gasteiger partial charge in [0, 0.05) is 37.1 Å². The minimum absolute atomic E-state index is 0.150. The van der Waals surface area contributed by atoms with E-state index in [4.69, 9.17) is 5.26 Å². The molecule has 1 fully saturated rings. The molecule has 1 N–H and O–H groups in total. The Morgan fingerprint density at radius 2 is 2.47 bits per heavy atom. The van der Waals surface area contributed by atoms with Crippen LogP contribution in [0.5, 0.6) is 0 Å². The van der Waals surface area contributed by atoms with Crippen molar-refractivity contribution in [1.29, 1.82) is 5.26 Å². The zero-order valence-corrected chi connectivity index (χ0v) is 8.72. The molecular formula is C11H14N4.